The molecule has 0 amide bonds. The summed E-state index contributed by atoms with van der Waals surface area (Å²) in [7, 11) is 1.98. The summed E-state index contributed by atoms with van der Waals surface area (Å²) in [6.45, 7) is 7.94. The molecule has 2 aromatic rings. The van der Waals surface area contributed by atoms with Gasteiger partial charge in [0, 0.05) is 19.2 Å². The first-order chi connectivity index (χ1) is 9.56. The molecule has 4 nitrogen and oxygen atoms in total. The van der Waals surface area contributed by atoms with Crippen LogP contribution in [0.5, 0.6) is 0 Å². The van der Waals surface area contributed by atoms with Crippen LogP contribution in [-0.2, 0) is 7.05 Å². The van der Waals surface area contributed by atoms with E-state index in [4.69, 9.17) is 4.99 Å². The number of anilines is 1. The molecule has 20 heavy (non-hydrogen) atoms. The molecule has 1 aromatic heterocycles. The minimum Gasteiger partial charge on any atom is -0.368 e. The van der Waals surface area contributed by atoms with Crippen molar-refractivity contribution in [2.24, 2.45) is 12.0 Å². The van der Waals surface area contributed by atoms with Crippen LogP contribution in [0.3, 0.4) is 0 Å². The highest BCUT2D eigenvalue weighted by Crippen LogP contribution is 2.25. The molecule has 3 rings (SSSR count). The molecule has 0 saturated heterocycles. The SMILES string of the molecule is Cc1cc(C)cc(C2=NCCNc3c2c(C)nn3C)c1. The van der Waals surface area contributed by atoms with Gasteiger partial charge in [-0.05, 0) is 32.9 Å². The molecular weight excluding hydrogens is 248 g/mol. The maximum Gasteiger partial charge on any atom is 0.133 e. The van der Waals surface area contributed by atoms with E-state index in [0.717, 1.165) is 35.9 Å². The molecule has 1 aromatic carbocycles. The van der Waals surface area contributed by atoms with Crippen LogP contribution in [0.4, 0.5) is 5.82 Å². The summed E-state index contributed by atoms with van der Waals surface area (Å²) in [6, 6.07) is 6.59. The van der Waals surface area contributed by atoms with Crippen LogP contribution in [0.1, 0.15) is 27.9 Å². The number of benzene rings is 1. The van der Waals surface area contributed by atoms with Crippen molar-refractivity contribution in [1.82, 2.24) is 9.78 Å². The van der Waals surface area contributed by atoms with Crippen molar-refractivity contribution in [3.63, 3.8) is 0 Å². The molecule has 1 aliphatic heterocycles. The minimum atomic E-state index is 0.788. The highest BCUT2D eigenvalue weighted by atomic mass is 15.3. The zero-order valence-electron chi connectivity index (χ0n) is 12.5. The van der Waals surface area contributed by atoms with Crippen molar-refractivity contribution < 1.29 is 0 Å². The Kier molecular flexibility index (Phi) is 3.08. The summed E-state index contributed by atoms with van der Waals surface area (Å²) in [5.74, 6) is 1.07. The van der Waals surface area contributed by atoms with Crippen molar-refractivity contribution in [2.75, 3.05) is 18.4 Å². The number of hydrogen-bond donors (Lipinski definition) is 1. The average Bonchev–Trinajstić information content (AvgIpc) is 2.57. The zero-order chi connectivity index (χ0) is 14.3. The summed E-state index contributed by atoms with van der Waals surface area (Å²) in [6.07, 6.45) is 0. The van der Waals surface area contributed by atoms with Gasteiger partial charge < -0.3 is 5.32 Å². The largest absolute Gasteiger partial charge is 0.368 e. The lowest BCUT2D eigenvalue weighted by Gasteiger charge is -2.09. The monoisotopic (exact) mass is 268 g/mol. The van der Waals surface area contributed by atoms with Gasteiger partial charge in [0.05, 0.1) is 23.5 Å². The number of hydrogen-bond acceptors (Lipinski definition) is 3. The van der Waals surface area contributed by atoms with E-state index in [1.165, 1.54) is 16.7 Å². The summed E-state index contributed by atoms with van der Waals surface area (Å²) in [4.78, 5) is 4.79. The molecule has 0 fully saturated rings. The lowest BCUT2D eigenvalue weighted by atomic mass is 9.98. The molecule has 0 radical (unpaired) electrons. The maximum absolute atomic E-state index is 4.79. The number of rotatable bonds is 1. The Morgan fingerprint density at radius 1 is 1.10 bits per heavy atom. The Bertz CT molecular complexity index is 674. The Hall–Kier alpha value is -2.10. The highest BCUT2D eigenvalue weighted by Gasteiger charge is 2.21. The maximum atomic E-state index is 4.79. The van der Waals surface area contributed by atoms with Crippen LogP contribution in [-0.4, -0.2) is 28.6 Å². The standard InChI is InChI=1S/C16H20N4/c1-10-7-11(2)9-13(8-10)15-14-12(3)19-20(4)16(14)18-6-5-17-15/h7-9,18H,5-6H2,1-4H3. The predicted octanol–water partition coefficient (Wildman–Crippen LogP) is 2.61. The van der Waals surface area contributed by atoms with E-state index in [1.807, 2.05) is 18.7 Å². The average molecular weight is 268 g/mol. The van der Waals surface area contributed by atoms with Gasteiger partial charge in [-0.3, -0.25) is 9.67 Å². The van der Waals surface area contributed by atoms with Crippen molar-refractivity contribution in [1.29, 1.82) is 0 Å². The lowest BCUT2D eigenvalue weighted by molar-refractivity contribution is 0.758. The molecule has 1 N–H and O–H groups in total. The Morgan fingerprint density at radius 3 is 2.50 bits per heavy atom. The van der Waals surface area contributed by atoms with Crippen molar-refractivity contribution in [2.45, 2.75) is 20.8 Å². The van der Waals surface area contributed by atoms with E-state index in [1.54, 1.807) is 0 Å². The molecule has 0 spiro atoms. The van der Waals surface area contributed by atoms with Crippen molar-refractivity contribution >= 4 is 11.5 Å². The molecule has 4 heteroatoms. The van der Waals surface area contributed by atoms with Crippen LogP contribution < -0.4 is 5.32 Å². The van der Waals surface area contributed by atoms with E-state index in [0.29, 0.717) is 0 Å². The molecule has 0 atom stereocenters. The molecule has 2 heterocycles. The molecule has 0 bridgehead atoms. The molecule has 0 aliphatic carbocycles. The molecule has 1 aliphatic rings. The third-order valence-electron chi connectivity index (χ3n) is 3.63. The van der Waals surface area contributed by atoms with Gasteiger partial charge in [0.25, 0.3) is 0 Å². The minimum absolute atomic E-state index is 0.788. The number of nitrogens with zero attached hydrogens (tertiary/aromatic N) is 3. The smallest absolute Gasteiger partial charge is 0.133 e. The van der Waals surface area contributed by atoms with E-state index in [2.05, 4.69) is 42.5 Å². The number of aromatic nitrogens is 2. The number of fused-ring (bicyclic) bond motifs is 1. The van der Waals surface area contributed by atoms with Gasteiger partial charge in [-0.2, -0.15) is 5.10 Å². The third-order valence-corrected chi connectivity index (χ3v) is 3.63. The van der Waals surface area contributed by atoms with Gasteiger partial charge in [-0.1, -0.05) is 17.2 Å². The third kappa shape index (κ3) is 2.11. The zero-order valence-corrected chi connectivity index (χ0v) is 12.5. The normalized spacial score (nSPS) is 14.3. The van der Waals surface area contributed by atoms with Gasteiger partial charge in [-0.15, -0.1) is 0 Å². The van der Waals surface area contributed by atoms with Crippen LogP contribution in [0.25, 0.3) is 0 Å². The van der Waals surface area contributed by atoms with Gasteiger partial charge in [0.2, 0.25) is 0 Å². The van der Waals surface area contributed by atoms with Crippen LogP contribution >= 0.6 is 0 Å². The summed E-state index contributed by atoms with van der Waals surface area (Å²) in [5.41, 5.74) is 6.93. The Balaban J connectivity index is 2.21. The first-order valence-corrected chi connectivity index (χ1v) is 6.97. The van der Waals surface area contributed by atoms with Gasteiger partial charge >= 0.3 is 0 Å². The number of aryl methyl sites for hydroxylation is 4. The fourth-order valence-electron chi connectivity index (χ4n) is 2.91. The van der Waals surface area contributed by atoms with Crippen molar-refractivity contribution in [3.8, 4) is 0 Å². The van der Waals surface area contributed by atoms with Gasteiger partial charge in [0.1, 0.15) is 5.82 Å². The number of nitrogens with one attached hydrogen (secondary N) is 1. The first kappa shape index (κ1) is 12.9. The van der Waals surface area contributed by atoms with Crippen LogP contribution in [0.2, 0.25) is 0 Å². The van der Waals surface area contributed by atoms with E-state index in [9.17, 15) is 0 Å². The quantitative estimate of drug-likeness (QED) is 0.864. The predicted molar refractivity (Wildman–Crippen MR) is 82.9 cm³/mol. The molecular formula is C16H20N4. The molecule has 104 valence electrons. The summed E-state index contributed by atoms with van der Waals surface area (Å²) in [5, 5.41) is 7.96. The highest BCUT2D eigenvalue weighted by molar-refractivity contribution is 6.16. The van der Waals surface area contributed by atoms with E-state index in [-0.39, 0.29) is 0 Å². The summed E-state index contributed by atoms with van der Waals surface area (Å²) >= 11 is 0. The second-order valence-corrected chi connectivity index (χ2v) is 5.47. The van der Waals surface area contributed by atoms with Crippen LogP contribution in [0, 0.1) is 20.8 Å². The van der Waals surface area contributed by atoms with E-state index >= 15 is 0 Å². The molecule has 0 unspecified atom stereocenters. The topological polar surface area (TPSA) is 42.2 Å². The van der Waals surface area contributed by atoms with Crippen molar-refractivity contribution in [3.05, 3.63) is 46.1 Å². The van der Waals surface area contributed by atoms with Crippen LogP contribution in [0.15, 0.2) is 23.2 Å². The first-order valence-electron chi connectivity index (χ1n) is 6.97. The van der Waals surface area contributed by atoms with E-state index < -0.39 is 0 Å². The Labute approximate surface area is 119 Å². The summed E-state index contributed by atoms with van der Waals surface area (Å²) < 4.78 is 1.91. The second kappa shape index (κ2) is 4.78. The lowest BCUT2D eigenvalue weighted by Crippen LogP contribution is -2.08. The fraction of sp³-hybridized carbons (Fsp3) is 0.375. The second-order valence-electron chi connectivity index (χ2n) is 5.47. The van der Waals surface area contributed by atoms with Gasteiger partial charge in [0.15, 0.2) is 0 Å². The molecule has 0 saturated carbocycles. The van der Waals surface area contributed by atoms with Gasteiger partial charge in [-0.25, -0.2) is 0 Å². The number of aliphatic imine (C=N–C) groups is 1. The Morgan fingerprint density at radius 2 is 1.80 bits per heavy atom. The fourth-order valence-corrected chi connectivity index (χ4v) is 2.91.